The van der Waals surface area contributed by atoms with E-state index in [-0.39, 0.29) is 37.5 Å². The van der Waals surface area contributed by atoms with Crippen LogP contribution >= 0.6 is 0 Å². The Morgan fingerprint density at radius 1 is 0.269 bits per heavy atom. The van der Waals surface area contributed by atoms with Gasteiger partial charge < -0.3 is 14.2 Å². The van der Waals surface area contributed by atoms with Gasteiger partial charge in [0.15, 0.2) is 6.10 Å². The highest BCUT2D eigenvalue weighted by molar-refractivity contribution is 5.71. The molecule has 1 atom stereocenters. The fourth-order valence-corrected chi connectivity index (χ4v) is 7.88. The predicted molar refractivity (Wildman–Crippen MR) is 338 cm³/mol. The first kappa shape index (κ1) is 72.8. The second kappa shape index (κ2) is 64.3. The SMILES string of the molecule is CC/C=C\C/C=C\C/C=C\C/C=C\C/C=C\C/C=C\C/C=C\C/C=C\C/C=C\CCCC(=O)OCC(COC(=O)CCCCCCCC)OC(=O)CCCCCCCCCCC/C=C\C/C=C\C/C=C\C/C=C\C/C=C\CC. The quantitative estimate of drug-likeness (QED) is 0.0261. The van der Waals surface area contributed by atoms with E-state index in [4.69, 9.17) is 14.2 Å². The first-order valence-corrected chi connectivity index (χ1v) is 31.1. The minimum Gasteiger partial charge on any atom is -0.462 e. The number of hydrogen-bond acceptors (Lipinski definition) is 6. The minimum absolute atomic E-state index is 0.106. The maximum absolute atomic E-state index is 12.8. The second-order valence-corrected chi connectivity index (χ2v) is 19.9. The largest absolute Gasteiger partial charge is 0.462 e. The summed E-state index contributed by atoms with van der Waals surface area (Å²) in [5, 5.41) is 0. The number of rotatable bonds is 54. The van der Waals surface area contributed by atoms with E-state index in [2.05, 4.69) is 191 Å². The summed E-state index contributed by atoms with van der Waals surface area (Å²) in [5.74, 6) is -0.992. The molecular weight excluding hydrogens is 961 g/mol. The van der Waals surface area contributed by atoms with Crippen LogP contribution in [0.2, 0.25) is 0 Å². The van der Waals surface area contributed by atoms with Gasteiger partial charge in [0.2, 0.25) is 0 Å². The third-order valence-corrected chi connectivity index (χ3v) is 12.5. The third kappa shape index (κ3) is 61.6. The van der Waals surface area contributed by atoms with Gasteiger partial charge in [0.05, 0.1) is 0 Å². The Kier molecular flexibility index (Phi) is 60.0. The molecule has 0 aromatic rings. The van der Waals surface area contributed by atoms with Gasteiger partial charge in [0.1, 0.15) is 13.2 Å². The lowest BCUT2D eigenvalue weighted by Crippen LogP contribution is -2.30. The zero-order valence-electron chi connectivity index (χ0n) is 49.9. The average molecular weight is 1070 g/mol. The fraction of sp³-hybridized carbons (Fsp3) is 0.569. The van der Waals surface area contributed by atoms with Gasteiger partial charge in [0.25, 0.3) is 0 Å². The first-order chi connectivity index (χ1) is 38.5. The van der Waals surface area contributed by atoms with Crippen molar-refractivity contribution in [1.82, 2.24) is 0 Å². The summed E-state index contributed by atoms with van der Waals surface area (Å²) < 4.78 is 16.7. The maximum Gasteiger partial charge on any atom is 0.306 e. The molecule has 436 valence electrons. The lowest BCUT2D eigenvalue weighted by molar-refractivity contribution is -0.167. The van der Waals surface area contributed by atoms with Crippen LogP contribution in [0.3, 0.4) is 0 Å². The Balaban J connectivity index is 4.28. The molecule has 0 spiro atoms. The van der Waals surface area contributed by atoms with Crippen molar-refractivity contribution in [2.45, 2.75) is 252 Å². The van der Waals surface area contributed by atoms with Crippen molar-refractivity contribution < 1.29 is 28.6 Å². The summed E-state index contributed by atoms with van der Waals surface area (Å²) in [6, 6.07) is 0. The monoisotopic (exact) mass is 1070 g/mol. The summed E-state index contributed by atoms with van der Waals surface area (Å²) in [6.07, 6.45) is 95.3. The van der Waals surface area contributed by atoms with Crippen LogP contribution in [0.15, 0.2) is 170 Å². The number of ether oxygens (including phenoxy) is 3. The molecule has 6 heteroatoms. The molecule has 0 rings (SSSR count). The summed E-state index contributed by atoms with van der Waals surface area (Å²) in [6.45, 7) is 6.28. The Morgan fingerprint density at radius 2 is 0.513 bits per heavy atom. The molecule has 0 aromatic carbocycles. The van der Waals surface area contributed by atoms with Crippen molar-refractivity contribution >= 4 is 17.9 Å². The second-order valence-electron chi connectivity index (χ2n) is 19.9. The van der Waals surface area contributed by atoms with Crippen LogP contribution < -0.4 is 0 Å². The van der Waals surface area contributed by atoms with Crippen molar-refractivity contribution in [3.8, 4) is 0 Å². The number of carbonyl (C=O) groups excluding carboxylic acids is 3. The molecule has 0 aliphatic heterocycles. The molecule has 0 radical (unpaired) electrons. The number of hydrogen-bond donors (Lipinski definition) is 0. The fourth-order valence-electron chi connectivity index (χ4n) is 7.88. The van der Waals surface area contributed by atoms with E-state index < -0.39 is 6.10 Å². The molecule has 0 amide bonds. The lowest BCUT2D eigenvalue weighted by atomic mass is 10.1. The van der Waals surface area contributed by atoms with E-state index in [9.17, 15) is 14.4 Å². The molecule has 0 fully saturated rings. The Bertz CT molecular complexity index is 1810. The van der Waals surface area contributed by atoms with Crippen LogP contribution in [0.4, 0.5) is 0 Å². The minimum atomic E-state index is -0.811. The maximum atomic E-state index is 12.8. The summed E-state index contributed by atoms with van der Waals surface area (Å²) >= 11 is 0. The van der Waals surface area contributed by atoms with Crippen molar-refractivity contribution in [3.63, 3.8) is 0 Å². The van der Waals surface area contributed by atoms with Gasteiger partial charge in [0, 0.05) is 19.3 Å². The highest BCUT2D eigenvalue weighted by Crippen LogP contribution is 2.14. The van der Waals surface area contributed by atoms with Crippen LogP contribution in [-0.4, -0.2) is 37.2 Å². The Hall–Kier alpha value is -5.23. The molecule has 0 saturated heterocycles. The molecule has 1 unspecified atom stereocenters. The number of allylic oxidation sites excluding steroid dienone is 28. The topological polar surface area (TPSA) is 78.9 Å². The molecule has 0 aliphatic rings. The van der Waals surface area contributed by atoms with Crippen molar-refractivity contribution in [2.24, 2.45) is 0 Å². The van der Waals surface area contributed by atoms with E-state index in [0.29, 0.717) is 19.3 Å². The summed E-state index contributed by atoms with van der Waals surface area (Å²) in [5.41, 5.74) is 0. The van der Waals surface area contributed by atoms with Crippen molar-refractivity contribution in [2.75, 3.05) is 13.2 Å². The molecule has 6 nitrogen and oxygen atoms in total. The zero-order chi connectivity index (χ0) is 56.4. The molecule has 0 bridgehead atoms. The number of esters is 3. The zero-order valence-corrected chi connectivity index (χ0v) is 49.9. The molecular formula is C72H112O6. The van der Waals surface area contributed by atoms with Crippen LogP contribution in [0.25, 0.3) is 0 Å². The third-order valence-electron chi connectivity index (χ3n) is 12.5. The van der Waals surface area contributed by atoms with E-state index in [0.717, 1.165) is 141 Å². The van der Waals surface area contributed by atoms with Crippen LogP contribution in [-0.2, 0) is 28.6 Å². The molecule has 78 heavy (non-hydrogen) atoms. The van der Waals surface area contributed by atoms with Crippen LogP contribution in [0, 0.1) is 0 Å². The molecule has 0 aliphatic carbocycles. The van der Waals surface area contributed by atoms with Gasteiger partial charge >= 0.3 is 17.9 Å². The Labute approximate surface area is 479 Å². The lowest BCUT2D eigenvalue weighted by Gasteiger charge is -2.18. The summed E-state index contributed by atoms with van der Waals surface area (Å²) in [7, 11) is 0. The van der Waals surface area contributed by atoms with Gasteiger partial charge in [-0.05, 0) is 128 Å². The van der Waals surface area contributed by atoms with E-state index >= 15 is 0 Å². The van der Waals surface area contributed by atoms with Crippen LogP contribution in [0.1, 0.15) is 245 Å². The molecule has 0 saturated carbocycles. The standard InChI is InChI=1S/C72H112O6/c1-4-7-10-13-16-18-20-22-24-26-28-30-32-34-35-36-37-39-40-42-44-46-48-50-52-54-56-59-62-65-71(74)77-68-69(67-76-70(73)64-61-58-15-12-9-6-3)78-72(75)66-63-60-57-55-53-51-49-47-45-43-41-38-33-31-29-27-25-23-21-19-17-14-11-8-5-2/h7-8,10-11,16-19,22-25,28-31,34-35,37-39,41-42,44,48,50,54,56,69H,4-6,9,12-15,20-21,26-27,32-33,36,40,43,45-47,49,51-53,55,57-68H2,1-3H3/b10-7-,11-8-,18-16-,19-17-,24-22-,25-23-,30-28-,31-29-,35-34-,39-37-,41-38-,44-42-,50-48-,56-54-. The average Bonchev–Trinajstić information content (AvgIpc) is 3.44. The van der Waals surface area contributed by atoms with Gasteiger partial charge in [-0.2, -0.15) is 0 Å². The number of carbonyl (C=O) groups is 3. The normalized spacial score (nSPS) is 13.3. The highest BCUT2D eigenvalue weighted by Gasteiger charge is 2.19. The van der Waals surface area contributed by atoms with Gasteiger partial charge in [-0.15, -0.1) is 0 Å². The van der Waals surface area contributed by atoms with Gasteiger partial charge in [-0.1, -0.05) is 268 Å². The molecule has 0 N–H and O–H groups in total. The Morgan fingerprint density at radius 3 is 0.833 bits per heavy atom. The van der Waals surface area contributed by atoms with Gasteiger partial charge in [-0.25, -0.2) is 0 Å². The van der Waals surface area contributed by atoms with Crippen LogP contribution in [0.5, 0.6) is 0 Å². The number of unbranched alkanes of at least 4 members (excludes halogenated alkanes) is 15. The van der Waals surface area contributed by atoms with Crippen molar-refractivity contribution in [3.05, 3.63) is 170 Å². The smallest absolute Gasteiger partial charge is 0.306 e. The van der Waals surface area contributed by atoms with E-state index in [1.807, 2.05) is 0 Å². The highest BCUT2D eigenvalue weighted by atomic mass is 16.6. The van der Waals surface area contributed by atoms with E-state index in [1.54, 1.807) is 0 Å². The first-order valence-electron chi connectivity index (χ1n) is 31.1. The predicted octanol–water partition coefficient (Wildman–Crippen LogP) is 21.5. The van der Waals surface area contributed by atoms with Gasteiger partial charge in [-0.3, -0.25) is 14.4 Å². The van der Waals surface area contributed by atoms with E-state index in [1.165, 1.54) is 57.8 Å². The van der Waals surface area contributed by atoms with Crippen molar-refractivity contribution in [1.29, 1.82) is 0 Å². The molecule has 0 aromatic heterocycles. The molecule has 0 heterocycles. The summed E-state index contributed by atoms with van der Waals surface area (Å²) in [4.78, 5) is 38.0.